The van der Waals surface area contributed by atoms with Gasteiger partial charge in [-0.25, -0.2) is 0 Å². The van der Waals surface area contributed by atoms with E-state index in [0.717, 1.165) is 24.2 Å². The third kappa shape index (κ3) is 5.46. The molecule has 0 fully saturated rings. The highest BCUT2D eigenvalue weighted by Gasteiger charge is 2.18. The van der Waals surface area contributed by atoms with Crippen LogP contribution in [-0.4, -0.2) is 43.2 Å². The van der Waals surface area contributed by atoms with Crippen LogP contribution in [0.1, 0.15) is 18.0 Å². The van der Waals surface area contributed by atoms with Crippen LogP contribution in [0, 0.1) is 0 Å². The lowest BCUT2D eigenvalue weighted by atomic mass is 10.1. The Bertz CT molecular complexity index is 659. The van der Waals surface area contributed by atoms with Gasteiger partial charge in [0.2, 0.25) is 5.91 Å². The predicted octanol–water partition coefficient (Wildman–Crippen LogP) is 3.16. The highest BCUT2D eigenvalue weighted by molar-refractivity contribution is 7.98. The molecule has 6 heteroatoms. The molecule has 2 rings (SSSR count). The fourth-order valence-corrected chi connectivity index (χ4v) is 3.14. The molecule has 1 aromatic carbocycles. The smallest absolute Gasteiger partial charge is 0.243 e. The number of benzene rings is 1. The number of thioether (sulfide) groups is 1. The molecule has 5 nitrogen and oxygen atoms in total. The summed E-state index contributed by atoms with van der Waals surface area (Å²) in [4.78, 5) is 12.6. The summed E-state index contributed by atoms with van der Waals surface area (Å²) < 4.78 is 12.5. The van der Waals surface area contributed by atoms with Crippen molar-refractivity contribution in [1.29, 1.82) is 0 Å². The van der Waals surface area contributed by atoms with Crippen LogP contribution in [0.3, 0.4) is 0 Å². The van der Waals surface area contributed by atoms with E-state index in [1.54, 1.807) is 26.0 Å². The Kier molecular flexibility index (Phi) is 7.73. The second-order valence-corrected chi connectivity index (χ2v) is 6.64. The van der Waals surface area contributed by atoms with Crippen LogP contribution < -0.4 is 14.8 Å². The minimum atomic E-state index is -0.159. The molecule has 1 unspecified atom stereocenters. The van der Waals surface area contributed by atoms with Gasteiger partial charge in [0.15, 0.2) is 11.5 Å². The van der Waals surface area contributed by atoms with Crippen molar-refractivity contribution in [1.82, 2.24) is 9.88 Å². The SMILES string of the molecule is COc1ccc(CCNC(=O)C(CCSC)n2cccc2)cc1OC. The number of methoxy groups -OCH3 is 2. The second-order valence-electron chi connectivity index (χ2n) is 5.66. The van der Waals surface area contributed by atoms with Crippen molar-refractivity contribution in [3.63, 3.8) is 0 Å². The average molecular weight is 362 g/mol. The second kappa shape index (κ2) is 10.0. The quantitative estimate of drug-likeness (QED) is 0.705. The Morgan fingerprint density at radius 3 is 2.56 bits per heavy atom. The summed E-state index contributed by atoms with van der Waals surface area (Å²) in [7, 11) is 3.24. The molecule has 136 valence electrons. The lowest BCUT2D eigenvalue weighted by molar-refractivity contribution is -0.124. The summed E-state index contributed by atoms with van der Waals surface area (Å²) in [6.07, 6.45) is 7.50. The molecule has 0 spiro atoms. The first-order chi connectivity index (χ1) is 12.2. The van der Waals surface area contributed by atoms with E-state index in [4.69, 9.17) is 9.47 Å². The molecule has 0 saturated heterocycles. The maximum Gasteiger partial charge on any atom is 0.243 e. The molecule has 0 aliphatic rings. The molecule has 1 amide bonds. The van der Waals surface area contributed by atoms with Crippen molar-refractivity contribution in [2.45, 2.75) is 18.9 Å². The van der Waals surface area contributed by atoms with Crippen LogP contribution in [0.25, 0.3) is 0 Å². The molecule has 0 aliphatic carbocycles. The maximum atomic E-state index is 12.6. The van der Waals surface area contributed by atoms with Gasteiger partial charge in [0.1, 0.15) is 6.04 Å². The van der Waals surface area contributed by atoms with Crippen molar-refractivity contribution in [3.8, 4) is 11.5 Å². The first-order valence-electron chi connectivity index (χ1n) is 8.29. The summed E-state index contributed by atoms with van der Waals surface area (Å²) in [5, 5.41) is 3.05. The predicted molar refractivity (Wildman–Crippen MR) is 103 cm³/mol. The van der Waals surface area contributed by atoms with Crippen LogP contribution in [0.5, 0.6) is 11.5 Å². The van der Waals surface area contributed by atoms with E-state index in [0.29, 0.717) is 18.0 Å². The number of carbonyl (C=O) groups excluding carboxylic acids is 1. The monoisotopic (exact) mass is 362 g/mol. The van der Waals surface area contributed by atoms with Crippen LogP contribution >= 0.6 is 11.8 Å². The molecule has 0 bridgehead atoms. The van der Waals surface area contributed by atoms with Crippen LogP contribution in [-0.2, 0) is 11.2 Å². The number of aromatic nitrogens is 1. The minimum absolute atomic E-state index is 0.0609. The van der Waals surface area contributed by atoms with E-state index < -0.39 is 0 Å². The number of hydrogen-bond donors (Lipinski definition) is 1. The van der Waals surface area contributed by atoms with Crippen molar-refractivity contribution >= 4 is 17.7 Å². The molecule has 1 N–H and O–H groups in total. The maximum absolute atomic E-state index is 12.6. The van der Waals surface area contributed by atoms with Crippen LogP contribution in [0.15, 0.2) is 42.7 Å². The number of amides is 1. The zero-order chi connectivity index (χ0) is 18.1. The van der Waals surface area contributed by atoms with Gasteiger partial charge in [0, 0.05) is 18.9 Å². The molecule has 0 radical (unpaired) electrons. The zero-order valence-corrected chi connectivity index (χ0v) is 15.8. The Morgan fingerprint density at radius 2 is 1.92 bits per heavy atom. The van der Waals surface area contributed by atoms with E-state index in [9.17, 15) is 4.79 Å². The Hall–Kier alpha value is -2.08. The fourth-order valence-electron chi connectivity index (χ4n) is 2.68. The molecular weight excluding hydrogens is 336 g/mol. The van der Waals surface area contributed by atoms with Gasteiger partial charge in [-0.1, -0.05) is 6.07 Å². The van der Waals surface area contributed by atoms with Crippen molar-refractivity contribution in [2.24, 2.45) is 0 Å². The molecule has 0 aliphatic heterocycles. The van der Waals surface area contributed by atoms with E-state index >= 15 is 0 Å². The summed E-state index contributed by atoms with van der Waals surface area (Å²) in [5.41, 5.74) is 1.10. The van der Waals surface area contributed by atoms with Gasteiger partial charge in [-0.05, 0) is 54.7 Å². The third-order valence-electron chi connectivity index (χ3n) is 4.05. The highest BCUT2D eigenvalue weighted by Crippen LogP contribution is 2.27. The lowest BCUT2D eigenvalue weighted by Crippen LogP contribution is -2.33. The van der Waals surface area contributed by atoms with Crippen molar-refractivity contribution in [2.75, 3.05) is 32.8 Å². The summed E-state index contributed by atoms with van der Waals surface area (Å²) in [6.45, 7) is 0.589. The van der Waals surface area contributed by atoms with Gasteiger partial charge in [0.05, 0.1) is 14.2 Å². The van der Waals surface area contributed by atoms with Gasteiger partial charge in [0.25, 0.3) is 0 Å². The molecule has 25 heavy (non-hydrogen) atoms. The number of rotatable bonds is 10. The molecule has 2 aromatic rings. The first-order valence-corrected chi connectivity index (χ1v) is 9.69. The van der Waals surface area contributed by atoms with Crippen LogP contribution in [0.4, 0.5) is 0 Å². The molecule has 0 saturated carbocycles. The lowest BCUT2D eigenvalue weighted by Gasteiger charge is -2.18. The van der Waals surface area contributed by atoms with Crippen LogP contribution in [0.2, 0.25) is 0 Å². The van der Waals surface area contributed by atoms with Gasteiger partial charge < -0.3 is 19.4 Å². The van der Waals surface area contributed by atoms with E-state index in [1.165, 1.54) is 0 Å². The van der Waals surface area contributed by atoms with Gasteiger partial charge in [-0.2, -0.15) is 11.8 Å². The molecule has 1 heterocycles. The minimum Gasteiger partial charge on any atom is -0.493 e. The number of nitrogens with zero attached hydrogens (tertiary/aromatic N) is 1. The standard InChI is InChI=1S/C19H26N2O3S/c1-23-17-7-6-15(14-18(17)24-2)8-10-20-19(22)16(9-13-25-3)21-11-4-5-12-21/h4-7,11-12,14,16H,8-10,13H2,1-3H3,(H,20,22). The molecular formula is C19H26N2O3S. The number of nitrogens with one attached hydrogen (secondary N) is 1. The average Bonchev–Trinajstić information content (AvgIpc) is 3.16. The normalized spacial score (nSPS) is 11.8. The van der Waals surface area contributed by atoms with Crippen molar-refractivity contribution in [3.05, 3.63) is 48.3 Å². The number of ether oxygens (including phenoxy) is 2. The largest absolute Gasteiger partial charge is 0.493 e. The number of carbonyl (C=O) groups is 1. The van der Waals surface area contributed by atoms with E-state index in [-0.39, 0.29) is 11.9 Å². The summed E-state index contributed by atoms with van der Waals surface area (Å²) in [5.74, 6) is 2.42. The summed E-state index contributed by atoms with van der Waals surface area (Å²) in [6, 6.07) is 9.56. The topological polar surface area (TPSA) is 52.5 Å². The summed E-state index contributed by atoms with van der Waals surface area (Å²) >= 11 is 1.75. The van der Waals surface area contributed by atoms with Gasteiger partial charge in [-0.3, -0.25) is 4.79 Å². The fraction of sp³-hybridized carbons (Fsp3) is 0.421. The Labute approximate surface area is 153 Å². The zero-order valence-electron chi connectivity index (χ0n) is 15.0. The van der Waals surface area contributed by atoms with Crippen molar-refractivity contribution < 1.29 is 14.3 Å². The molecule has 1 atom stereocenters. The third-order valence-corrected chi connectivity index (χ3v) is 4.69. The Balaban J connectivity index is 1.92. The van der Waals surface area contributed by atoms with E-state index in [1.807, 2.05) is 47.3 Å². The highest BCUT2D eigenvalue weighted by atomic mass is 32.2. The van der Waals surface area contributed by atoms with Gasteiger partial charge >= 0.3 is 0 Å². The first kappa shape index (κ1) is 19.2. The number of hydrogen-bond acceptors (Lipinski definition) is 4. The molecule has 1 aromatic heterocycles. The van der Waals surface area contributed by atoms with Gasteiger partial charge in [-0.15, -0.1) is 0 Å². The van der Waals surface area contributed by atoms with E-state index in [2.05, 4.69) is 11.6 Å². The Morgan fingerprint density at radius 1 is 1.20 bits per heavy atom.